The third-order valence-corrected chi connectivity index (χ3v) is 12.4. The van der Waals surface area contributed by atoms with Crippen LogP contribution in [0.25, 0.3) is 0 Å². The maximum atomic E-state index is 13.0. The number of carbonyl (C=O) groups excluding carboxylic acids is 2. The average molecular weight is 967 g/mol. The molecule has 18 heteroatoms. The van der Waals surface area contributed by atoms with E-state index in [0.717, 1.165) is 70.6 Å². The topological polar surface area (TPSA) is 256 Å². The van der Waals surface area contributed by atoms with Crippen LogP contribution in [0.2, 0.25) is 0 Å². The van der Waals surface area contributed by atoms with Gasteiger partial charge in [0.05, 0.1) is 6.61 Å². The van der Waals surface area contributed by atoms with E-state index >= 15 is 0 Å². The fourth-order valence-corrected chi connectivity index (χ4v) is 8.63. The molecule has 0 bridgehead atoms. The zero-order valence-electron chi connectivity index (χ0n) is 39.2. The van der Waals surface area contributed by atoms with Gasteiger partial charge in [0.25, 0.3) is 0 Å². The third-order valence-electron chi connectivity index (χ3n) is 10.9. The van der Waals surface area contributed by atoms with E-state index < -0.39 is 83.5 Å². The largest absolute Gasteiger partial charge is 0.472 e. The number of aliphatic hydroxyl groups excluding tert-OH is 4. The first kappa shape index (κ1) is 61.0. The highest BCUT2D eigenvalue weighted by Crippen LogP contribution is 2.49. The Balaban J connectivity index is 2.62. The molecule has 0 aromatic rings. The van der Waals surface area contributed by atoms with Gasteiger partial charge in [0.2, 0.25) is 0 Å². The summed E-state index contributed by atoms with van der Waals surface area (Å²) >= 11 is 0. The van der Waals surface area contributed by atoms with Gasteiger partial charge in [-0.05, 0) is 70.6 Å². The molecule has 0 spiro atoms. The number of aliphatic hydroxyl groups is 4. The van der Waals surface area contributed by atoms with Crippen molar-refractivity contribution in [2.24, 2.45) is 0 Å². The van der Waals surface area contributed by atoms with Crippen LogP contribution in [0, 0.1) is 0 Å². The van der Waals surface area contributed by atoms with Gasteiger partial charge < -0.3 is 44.6 Å². The summed E-state index contributed by atoms with van der Waals surface area (Å²) < 4.78 is 49.3. The number of unbranched alkanes of at least 4 members (excludes halogenated alkanes) is 18. The molecular weight excluding hydrogens is 882 g/mol. The highest BCUT2D eigenvalue weighted by atomic mass is 31.2. The molecule has 0 amide bonds. The van der Waals surface area contributed by atoms with E-state index in [1.165, 1.54) is 64.2 Å². The van der Waals surface area contributed by atoms with E-state index in [4.69, 9.17) is 18.5 Å². The Morgan fingerprint density at radius 2 is 0.908 bits per heavy atom. The predicted molar refractivity (Wildman–Crippen MR) is 250 cm³/mol. The van der Waals surface area contributed by atoms with Crippen molar-refractivity contribution in [3.8, 4) is 0 Å². The summed E-state index contributed by atoms with van der Waals surface area (Å²) in [7, 11) is -10.7. The summed E-state index contributed by atoms with van der Waals surface area (Å²) in [4.78, 5) is 54.3. The molecule has 1 saturated carbocycles. The normalized spacial score (nSPS) is 22.0. The molecule has 1 aliphatic carbocycles. The van der Waals surface area contributed by atoms with Crippen molar-refractivity contribution in [1.82, 2.24) is 0 Å². The number of hydrogen-bond donors (Lipinski definition) is 7. The van der Waals surface area contributed by atoms with E-state index in [2.05, 4.69) is 54.8 Å². The zero-order chi connectivity index (χ0) is 48.2. The summed E-state index contributed by atoms with van der Waals surface area (Å²) in [6.07, 6.45) is 27.9. The lowest BCUT2D eigenvalue weighted by Gasteiger charge is -2.43. The van der Waals surface area contributed by atoms with E-state index in [1.807, 2.05) is 12.2 Å². The van der Waals surface area contributed by atoms with Gasteiger partial charge in [-0.2, -0.15) is 0 Å². The van der Waals surface area contributed by atoms with Gasteiger partial charge in [-0.3, -0.25) is 23.2 Å². The molecule has 1 fully saturated rings. The number of hydrogen-bond acceptors (Lipinski definition) is 13. The minimum atomic E-state index is -5.37. The Hall–Kier alpha value is -2.04. The first-order valence-corrected chi connectivity index (χ1v) is 27.2. The number of ether oxygens (including phenoxy) is 2. The number of allylic oxidation sites excluding steroid dienone is 8. The summed E-state index contributed by atoms with van der Waals surface area (Å²) in [5, 5.41) is 41.2. The Morgan fingerprint density at radius 3 is 1.43 bits per heavy atom. The van der Waals surface area contributed by atoms with Gasteiger partial charge >= 0.3 is 27.6 Å². The monoisotopic (exact) mass is 967 g/mol. The smallest absolute Gasteiger partial charge is 0.462 e. The van der Waals surface area contributed by atoms with E-state index in [1.54, 1.807) is 0 Å². The van der Waals surface area contributed by atoms with Gasteiger partial charge in [0.1, 0.15) is 43.2 Å². The summed E-state index contributed by atoms with van der Waals surface area (Å²) in [5.74, 6) is -1.27. The van der Waals surface area contributed by atoms with Gasteiger partial charge in [0, 0.05) is 12.8 Å². The van der Waals surface area contributed by atoms with Crippen molar-refractivity contribution in [2.75, 3.05) is 13.2 Å². The Kier molecular flexibility index (Phi) is 35.5. The Morgan fingerprint density at radius 1 is 0.492 bits per heavy atom. The van der Waals surface area contributed by atoms with Crippen LogP contribution < -0.4 is 0 Å². The minimum Gasteiger partial charge on any atom is -0.462 e. The number of esters is 2. The number of carbonyl (C=O) groups is 2. The zero-order valence-corrected chi connectivity index (χ0v) is 40.9. The highest BCUT2D eigenvalue weighted by Gasteiger charge is 2.54. The quantitative estimate of drug-likeness (QED) is 0.0131. The third kappa shape index (κ3) is 32.4. The molecule has 378 valence electrons. The molecule has 7 N–H and O–H groups in total. The second-order valence-electron chi connectivity index (χ2n) is 16.8. The van der Waals surface area contributed by atoms with E-state index in [-0.39, 0.29) is 12.8 Å². The van der Waals surface area contributed by atoms with Crippen LogP contribution in [-0.2, 0) is 41.8 Å². The van der Waals surface area contributed by atoms with Crippen molar-refractivity contribution in [3.05, 3.63) is 48.6 Å². The molecule has 8 atom stereocenters. The van der Waals surface area contributed by atoms with E-state index in [0.29, 0.717) is 19.3 Å². The van der Waals surface area contributed by atoms with Gasteiger partial charge in [-0.15, -0.1) is 0 Å². The maximum Gasteiger partial charge on any atom is 0.472 e. The Bertz CT molecular complexity index is 1450. The first-order chi connectivity index (χ1) is 31.1. The molecule has 0 saturated heterocycles. The average Bonchev–Trinajstić information content (AvgIpc) is 3.26. The summed E-state index contributed by atoms with van der Waals surface area (Å²) in [5.41, 5.74) is 0. The molecule has 0 radical (unpaired) electrons. The van der Waals surface area contributed by atoms with Crippen LogP contribution in [0.3, 0.4) is 0 Å². The lowest BCUT2D eigenvalue weighted by atomic mass is 9.85. The van der Waals surface area contributed by atoms with Crippen LogP contribution in [0.1, 0.15) is 181 Å². The van der Waals surface area contributed by atoms with Crippen LogP contribution in [0.5, 0.6) is 0 Å². The molecule has 65 heavy (non-hydrogen) atoms. The molecular formula is C47H84O16P2. The van der Waals surface area contributed by atoms with Crippen molar-refractivity contribution >= 4 is 27.6 Å². The van der Waals surface area contributed by atoms with Crippen LogP contribution in [0.15, 0.2) is 48.6 Å². The molecule has 0 aliphatic heterocycles. The van der Waals surface area contributed by atoms with Gasteiger partial charge in [0.15, 0.2) is 6.10 Å². The van der Waals surface area contributed by atoms with Gasteiger partial charge in [-0.1, -0.05) is 146 Å². The molecule has 1 aliphatic rings. The maximum absolute atomic E-state index is 13.0. The van der Waals surface area contributed by atoms with Crippen molar-refractivity contribution < 1.29 is 76.9 Å². The van der Waals surface area contributed by atoms with Crippen molar-refractivity contribution in [2.45, 2.75) is 224 Å². The number of rotatable bonds is 40. The molecule has 0 aromatic carbocycles. The van der Waals surface area contributed by atoms with Crippen LogP contribution >= 0.6 is 15.6 Å². The standard InChI is InChI=1S/C47H84O16P2/c1-3-5-7-9-11-13-15-17-19-20-22-23-25-27-29-31-33-35-40(48)59-37-39(61-41(49)36-34-32-30-28-26-24-21-18-16-14-12-10-8-6-4-2)38-60-65(57,58)63-47-44(52)42(50)43(51)46(45(47)53)62-64(54,55)56/h14,16-17,19,22-23,27,29,39,42-47,50-53H,3-13,15,18,20-21,24-26,28,30-38H2,1-2H3,(H,57,58)(H2,54,55,56)/t39-,42?,43?,44?,45?,46-,47+/m1/s1. The molecule has 16 nitrogen and oxygen atoms in total. The molecule has 0 aromatic heterocycles. The van der Waals surface area contributed by atoms with Crippen LogP contribution in [0.4, 0.5) is 0 Å². The SMILES string of the molecule is CCCCCCC=CCCCCCCCCCC(=O)O[C@H](COC(=O)CCCC=CCC=CCC=CCCCCCCCC)COP(=O)(O)O[C@H]1C(O)C(O)C(O)[C@@H](OP(=O)(O)O)C1O. The molecule has 5 unspecified atom stereocenters. The van der Waals surface area contributed by atoms with Crippen molar-refractivity contribution in [3.63, 3.8) is 0 Å². The fourth-order valence-electron chi connectivity index (χ4n) is 7.09. The molecule has 1 rings (SSSR count). The molecule has 0 heterocycles. The highest BCUT2D eigenvalue weighted by molar-refractivity contribution is 7.47. The number of phosphoric ester groups is 2. The van der Waals surface area contributed by atoms with Gasteiger partial charge in [-0.25, -0.2) is 9.13 Å². The first-order valence-electron chi connectivity index (χ1n) is 24.2. The fraction of sp³-hybridized carbons (Fsp3) is 0.787. The lowest BCUT2D eigenvalue weighted by molar-refractivity contribution is -0.216. The van der Waals surface area contributed by atoms with Crippen LogP contribution in [-0.4, -0.2) is 103 Å². The predicted octanol–water partition coefficient (Wildman–Crippen LogP) is 9.29. The minimum absolute atomic E-state index is 0.0277. The second-order valence-corrected chi connectivity index (χ2v) is 19.4. The number of phosphoric acid groups is 2. The summed E-state index contributed by atoms with van der Waals surface area (Å²) in [6.45, 7) is 3.04. The lowest BCUT2D eigenvalue weighted by Crippen LogP contribution is -2.64. The Labute approximate surface area is 388 Å². The van der Waals surface area contributed by atoms with Crippen molar-refractivity contribution in [1.29, 1.82) is 0 Å². The second kappa shape index (κ2) is 37.9. The van der Waals surface area contributed by atoms with E-state index in [9.17, 15) is 53.8 Å². The summed E-state index contributed by atoms with van der Waals surface area (Å²) in [6, 6.07) is 0.